The number of hydrogen-bond acceptors (Lipinski definition) is 2. The maximum absolute atomic E-state index is 13.0. The molecule has 0 unspecified atom stereocenters. The number of halogens is 1. The smallest absolute Gasteiger partial charge is 0.220 e. The Balaban J connectivity index is 1.69. The molecule has 23 heavy (non-hydrogen) atoms. The second kappa shape index (κ2) is 8.65. The number of carbonyl (C=O) groups is 2. The Morgan fingerprint density at radius 3 is 2.26 bits per heavy atom. The highest BCUT2D eigenvalue weighted by atomic mass is 19.1. The number of benzene rings is 1. The Bertz CT molecular complexity index is 522. The molecular weight excluding hydrogens is 295 g/mol. The van der Waals surface area contributed by atoms with E-state index >= 15 is 0 Å². The number of carbonyl (C=O) groups excluding carboxylic acids is 2. The first kappa shape index (κ1) is 17.4. The molecule has 1 aliphatic carbocycles. The van der Waals surface area contributed by atoms with Crippen LogP contribution in [0.2, 0.25) is 0 Å². The van der Waals surface area contributed by atoms with E-state index in [4.69, 9.17) is 0 Å². The van der Waals surface area contributed by atoms with Crippen LogP contribution >= 0.6 is 0 Å². The predicted molar refractivity (Wildman–Crippen MR) is 87.5 cm³/mol. The van der Waals surface area contributed by atoms with Gasteiger partial charge in [-0.15, -0.1) is 0 Å². The second-order valence-corrected chi connectivity index (χ2v) is 6.19. The third-order valence-electron chi connectivity index (χ3n) is 4.52. The van der Waals surface area contributed by atoms with Gasteiger partial charge in [-0.25, -0.2) is 4.39 Å². The Labute approximate surface area is 136 Å². The topological polar surface area (TPSA) is 58.2 Å². The molecule has 1 saturated carbocycles. The average Bonchev–Trinajstić information content (AvgIpc) is 2.56. The Morgan fingerprint density at radius 1 is 1.04 bits per heavy atom. The van der Waals surface area contributed by atoms with Crippen molar-refractivity contribution in [3.8, 4) is 0 Å². The van der Waals surface area contributed by atoms with E-state index in [0.717, 1.165) is 25.7 Å². The van der Waals surface area contributed by atoms with Gasteiger partial charge in [0.15, 0.2) is 0 Å². The minimum Gasteiger partial charge on any atom is -0.359 e. The van der Waals surface area contributed by atoms with Gasteiger partial charge in [-0.3, -0.25) is 9.59 Å². The maximum atomic E-state index is 13.0. The summed E-state index contributed by atoms with van der Waals surface area (Å²) in [7, 11) is 1.60. The first-order valence-electron chi connectivity index (χ1n) is 8.34. The number of rotatable bonds is 6. The number of nitrogens with one attached hydrogen (secondary N) is 2. The van der Waals surface area contributed by atoms with Crippen LogP contribution in [0.3, 0.4) is 0 Å². The van der Waals surface area contributed by atoms with Gasteiger partial charge in [0.25, 0.3) is 0 Å². The molecular formula is C18H25FN2O2. The predicted octanol–water partition coefficient (Wildman–Crippen LogP) is 2.88. The monoisotopic (exact) mass is 320 g/mol. The molecule has 2 N–H and O–H groups in total. The van der Waals surface area contributed by atoms with Crippen LogP contribution in [0.15, 0.2) is 24.3 Å². The molecule has 1 aliphatic rings. The molecule has 0 spiro atoms. The molecule has 1 aromatic rings. The summed E-state index contributed by atoms with van der Waals surface area (Å²) in [6, 6.07) is 6.96. The van der Waals surface area contributed by atoms with Crippen molar-refractivity contribution in [2.45, 2.75) is 56.9 Å². The third-order valence-corrected chi connectivity index (χ3v) is 4.52. The van der Waals surface area contributed by atoms with Crippen molar-refractivity contribution < 1.29 is 14.0 Å². The van der Waals surface area contributed by atoms with E-state index < -0.39 is 0 Å². The first-order chi connectivity index (χ1) is 11.1. The zero-order valence-electron chi connectivity index (χ0n) is 13.6. The van der Waals surface area contributed by atoms with Crippen molar-refractivity contribution in [2.24, 2.45) is 0 Å². The molecule has 5 heteroatoms. The molecule has 0 bridgehead atoms. The van der Waals surface area contributed by atoms with Gasteiger partial charge in [-0.2, -0.15) is 0 Å². The molecule has 0 radical (unpaired) electrons. The molecule has 0 aromatic heterocycles. The first-order valence-corrected chi connectivity index (χ1v) is 8.34. The lowest BCUT2D eigenvalue weighted by Crippen LogP contribution is -2.37. The lowest BCUT2D eigenvalue weighted by Gasteiger charge is -2.29. The number of amides is 2. The van der Waals surface area contributed by atoms with Crippen molar-refractivity contribution in [2.75, 3.05) is 7.05 Å². The summed E-state index contributed by atoms with van der Waals surface area (Å²) in [6.07, 6.45) is 5.28. The molecule has 0 aliphatic heterocycles. The molecule has 2 rings (SSSR count). The van der Waals surface area contributed by atoms with E-state index in [1.165, 1.54) is 17.7 Å². The molecule has 0 saturated heterocycles. The zero-order chi connectivity index (χ0) is 16.7. The molecule has 0 heterocycles. The van der Waals surface area contributed by atoms with Crippen LogP contribution in [0.4, 0.5) is 4.39 Å². The van der Waals surface area contributed by atoms with E-state index in [-0.39, 0.29) is 23.7 Å². The van der Waals surface area contributed by atoms with Crippen molar-refractivity contribution in [1.29, 1.82) is 0 Å². The minimum absolute atomic E-state index is 0.0270. The molecule has 126 valence electrons. The summed E-state index contributed by atoms with van der Waals surface area (Å²) >= 11 is 0. The third kappa shape index (κ3) is 5.66. The van der Waals surface area contributed by atoms with E-state index in [1.54, 1.807) is 7.05 Å². The van der Waals surface area contributed by atoms with E-state index in [1.807, 2.05) is 12.1 Å². The van der Waals surface area contributed by atoms with Gasteiger partial charge in [0.05, 0.1) is 0 Å². The standard InChI is InChI=1S/C18H25FN2O2/c1-20-17(22)3-2-4-18(23)21-16-11-7-14(8-12-16)13-5-9-15(19)10-6-13/h5-6,9-10,14,16H,2-4,7-8,11-12H2,1H3,(H,20,22)(H,21,23). The fourth-order valence-electron chi connectivity index (χ4n) is 3.14. The highest BCUT2D eigenvalue weighted by Crippen LogP contribution is 2.32. The van der Waals surface area contributed by atoms with E-state index in [9.17, 15) is 14.0 Å². The van der Waals surface area contributed by atoms with Crippen molar-refractivity contribution in [1.82, 2.24) is 10.6 Å². The summed E-state index contributed by atoms with van der Waals surface area (Å²) in [5.74, 6) is 0.250. The fourth-order valence-corrected chi connectivity index (χ4v) is 3.14. The van der Waals surface area contributed by atoms with Crippen LogP contribution in [-0.2, 0) is 9.59 Å². The van der Waals surface area contributed by atoms with Crippen LogP contribution < -0.4 is 10.6 Å². The molecule has 1 aromatic carbocycles. The SMILES string of the molecule is CNC(=O)CCCC(=O)NC1CCC(c2ccc(F)cc2)CC1. The Morgan fingerprint density at radius 2 is 1.65 bits per heavy atom. The highest BCUT2D eigenvalue weighted by Gasteiger charge is 2.23. The lowest BCUT2D eigenvalue weighted by atomic mass is 9.81. The van der Waals surface area contributed by atoms with Crippen LogP contribution in [0, 0.1) is 5.82 Å². The summed E-state index contributed by atoms with van der Waals surface area (Å²) in [4.78, 5) is 23.0. The van der Waals surface area contributed by atoms with Crippen LogP contribution in [-0.4, -0.2) is 24.9 Å². The quantitative estimate of drug-likeness (QED) is 0.847. The summed E-state index contributed by atoms with van der Waals surface area (Å²) in [6.45, 7) is 0. The molecule has 4 nitrogen and oxygen atoms in total. The second-order valence-electron chi connectivity index (χ2n) is 6.19. The largest absolute Gasteiger partial charge is 0.359 e. The Kier molecular flexibility index (Phi) is 6.56. The van der Waals surface area contributed by atoms with Gasteiger partial charge >= 0.3 is 0 Å². The van der Waals surface area contributed by atoms with Gasteiger partial charge in [0.2, 0.25) is 11.8 Å². The fraction of sp³-hybridized carbons (Fsp3) is 0.556. The van der Waals surface area contributed by atoms with Crippen molar-refractivity contribution >= 4 is 11.8 Å². The molecule has 2 amide bonds. The summed E-state index contributed by atoms with van der Waals surface area (Å²) in [5.41, 5.74) is 1.18. The average molecular weight is 320 g/mol. The van der Waals surface area contributed by atoms with Gasteiger partial charge in [0, 0.05) is 25.9 Å². The van der Waals surface area contributed by atoms with E-state index in [0.29, 0.717) is 25.2 Å². The number of hydrogen-bond donors (Lipinski definition) is 2. The van der Waals surface area contributed by atoms with Crippen LogP contribution in [0.25, 0.3) is 0 Å². The van der Waals surface area contributed by atoms with Crippen molar-refractivity contribution in [3.63, 3.8) is 0 Å². The van der Waals surface area contributed by atoms with E-state index in [2.05, 4.69) is 10.6 Å². The summed E-state index contributed by atoms with van der Waals surface area (Å²) in [5, 5.41) is 5.61. The lowest BCUT2D eigenvalue weighted by molar-refractivity contribution is -0.122. The normalized spacial score (nSPS) is 20.8. The summed E-state index contributed by atoms with van der Waals surface area (Å²) < 4.78 is 13.0. The zero-order valence-corrected chi connectivity index (χ0v) is 13.6. The highest BCUT2D eigenvalue weighted by molar-refractivity contribution is 5.78. The maximum Gasteiger partial charge on any atom is 0.220 e. The molecule has 0 atom stereocenters. The van der Waals surface area contributed by atoms with Crippen molar-refractivity contribution in [3.05, 3.63) is 35.6 Å². The van der Waals surface area contributed by atoms with Crippen LogP contribution in [0.5, 0.6) is 0 Å². The van der Waals surface area contributed by atoms with Gasteiger partial charge < -0.3 is 10.6 Å². The molecule has 1 fully saturated rings. The van der Waals surface area contributed by atoms with Crippen LogP contribution in [0.1, 0.15) is 56.4 Å². The van der Waals surface area contributed by atoms with Gasteiger partial charge in [-0.05, 0) is 55.7 Å². The van der Waals surface area contributed by atoms with Gasteiger partial charge in [-0.1, -0.05) is 12.1 Å². The van der Waals surface area contributed by atoms with Gasteiger partial charge in [0.1, 0.15) is 5.82 Å². The Hall–Kier alpha value is -1.91. The minimum atomic E-state index is -0.202.